The maximum atomic E-state index is 12.3. The number of benzene rings is 2. The molecule has 0 aliphatic heterocycles. The number of nitro groups is 1. The maximum Gasteiger partial charge on any atom is 0.339 e. The smallest absolute Gasteiger partial charge is 0.339 e. The molecule has 0 aromatic heterocycles. The molecule has 7 heteroatoms. The molecular weight excluding hydrogens is 336 g/mol. The number of hydrogen-bond donors (Lipinski definition) is 1. The monoisotopic (exact) mass is 356 g/mol. The van der Waals surface area contributed by atoms with Gasteiger partial charge in [-0.1, -0.05) is 23.8 Å². The number of non-ortho nitro benzene ring substituents is 1. The standard InChI is InChI=1S/C19H20N2O5/c1-11-7-13(3)18(14(4)8-11)19(23)26-10-17(22)20-16-9-15(21(24)25)6-5-12(16)2/h5-9H,10H2,1-4H3,(H,20,22). The lowest BCUT2D eigenvalue weighted by atomic mass is 10.00. The van der Waals surface area contributed by atoms with E-state index >= 15 is 0 Å². The van der Waals surface area contributed by atoms with Gasteiger partial charge in [0.05, 0.1) is 16.2 Å². The van der Waals surface area contributed by atoms with E-state index in [1.54, 1.807) is 13.0 Å². The van der Waals surface area contributed by atoms with Crippen LogP contribution in [0.5, 0.6) is 0 Å². The highest BCUT2D eigenvalue weighted by atomic mass is 16.6. The van der Waals surface area contributed by atoms with Gasteiger partial charge >= 0.3 is 5.97 Å². The molecule has 0 aliphatic rings. The molecule has 0 aliphatic carbocycles. The first-order valence-electron chi connectivity index (χ1n) is 7.99. The van der Waals surface area contributed by atoms with Crippen LogP contribution >= 0.6 is 0 Å². The number of carbonyl (C=O) groups is 2. The molecule has 7 nitrogen and oxygen atoms in total. The third-order valence-electron chi connectivity index (χ3n) is 3.92. The molecule has 26 heavy (non-hydrogen) atoms. The average molecular weight is 356 g/mol. The van der Waals surface area contributed by atoms with Crippen LogP contribution in [-0.4, -0.2) is 23.4 Å². The van der Waals surface area contributed by atoms with Crippen LogP contribution in [0.3, 0.4) is 0 Å². The molecule has 0 saturated carbocycles. The van der Waals surface area contributed by atoms with Crippen molar-refractivity contribution in [2.24, 2.45) is 0 Å². The Morgan fingerprint density at radius 2 is 1.65 bits per heavy atom. The molecule has 2 aromatic carbocycles. The van der Waals surface area contributed by atoms with Crippen LogP contribution in [0, 0.1) is 37.8 Å². The van der Waals surface area contributed by atoms with Crippen molar-refractivity contribution in [1.29, 1.82) is 0 Å². The van der Waals surface area contributed by atoms with Crippen molar-refractivity contribution in [3.63, 3.8) is 0 Å². The number of esters is 1. The fourth-order valence-corrected chi connectivity index (χ4v) is 2.75. The van der Waals surface area contributed by atoms with Crippen LogP contribution in [0.25, 0.3) is 0 Å². The first kappa shape index (κ1) is 19.1. The molecule has 0 atom stereocenters. The molecule has 2 aromatic rings. The SMILES string of the molecule is Cc1cc(C)c(C(=O)OCC(=O)Nc2cc([N+](=O)[O-])ccc2C)c(C)c1. The second kappa shape index (κ2) is 7.77. The van der Waals surface area contributed by atoms with E-state index in [1.165, 1.54) is 12.1 Å². The van der Waals surface area contributed by atoms with Gasteiger partial charge in [0.15, 0.2) is 6.61 Å². The fourth-order valence-electron chi connectivity index (χ4n) is 2.75. The molecule has 0 radical (unpaired) electrons. The first-order valence-corrected chi connectivity index (χ1v) is 7.99. The number of hydrogen-bond acceptors (Lipinski definition) is 5. The van der Waals surface area contributed by atoms with E-state index in [0.717, 1.165) is 16.7 Å². The van der Waals surface area contributed by atoms with Gasteiger partial charge in [-0.15, -0.1) is 0 Å². The van der Waals surface area contributed by atoms with Gasteiger partial charge in [-0.2, -0.15) is 0 Å². The molecule has 2 rings (SSSR count). The topological polar surface area (TPSA) is 98.5 Å². The van der Waals surface area contributed by atoms with E-state index in [4.69, 9.17) is 4.74 Å². The van der Waals surface area contributed by atoms with Crippen LogP contribution in [0.2, 0.25) is 0 Å². The number of anilines is 1. The summed E-state index contributed by atoms with van der Waals surface area (Å²) in [6, 6.07) is 7.91. The third-order valence-corrected chi connectivity index (χ3v) is 3.92. The molecule has 0 fully saturated rings. The summed E-state index contributed by atoms with van der Waals surface area (Å²) in [7, 11) is 0. The first-order chi connectivity index (χ1) is 12.2. The largest absolute Gasteiger partial charge is 0.452 e. The number of carbonyl (C=O) groups excluding carboxylic acids is 2. The fraction of sp³-hybridized carbons (Fsp3) is 0.263. The number of nitrogens with zero attached hydrogens (tertiary/aromatic N) is 1. The van der Waals surface area contributed by atoms with Crippen molar-refractivity contribution in [1.82, 2.24) is 0 Å². The summed E-state index contributed by atoms with van der Waals surface area (Å²) in [6.07, 6.45) is 0. The van der Waals surface area contributed by atoms with E-state index in [2.05, 4.69) is 5.32 Å². The van der Waals surface area contributed by atoms with E-state index in [0.29, 0.717) is 16.8 Å². The van der Waals surface area contributed by atoms with Crippen LogP contribution in [0.4, 0.5) is 11.4 Å². The predicted molar refractivity (Wildman–Crippen MR) is 97.4 cm³/mol. The number of amides is 1. The Kier molecular flexibility index (Phi) is 5.71. The van der Waals surface area contributed by atoms with E-state index in [1.807, 2.05) is 32.9 Å². The Morgan fingerprint density at radius 3 is 2.23 bits per heavy atom. The molecule has 0 saturated heterocycles. The van der Waals surface area contributed by atoms with Crippen LogP contribution in [-0.2, 0) is 9.53 Å². The minimum atomic E-state index is -0.578. The van der Waals surface area contributed by atoms with Crippen LogP contribution in [0.15, 0.2) is 30.3 Å². The van der Waals surface area contributed by atoms with Gasteiger partial charge < -0.3 is 10.1 Å². The van der Waals surface area contributed by atoms with Gasteiger partial charge in [-0.05, 0) is 44.4 Å². The van der Waals surface area contributed by atoms with Crippen molar-refractivity contribution >= 4 is 23.3 Å². The number of nitrogens with one attached hydrogen (secondary N) is 1. The summed E-state index contributed by atoms with van der Waals surface area (Å²) in [4.78, 5) is 34.6. The van der Waals surface area contributed by atoms with E-state index in [-0.39, 0.29) is 5.69 Å². The van der Waals surface area contributed by atoms with Crippen molar-refractivity contribution < 1.29 is 19.2 Å². The second-order valence-corrected chi connectivity index (χ2v) is 6.15. The number of ether oxygens (including phenoxy) is 1. The van der Waals surface area contributed by atoms with Gasteiger partial charge in [0.1, 0.15) is 0 Å². The number of nitro benzene ring substituents is 1. The normalized spacial score (nSPS) is 10.3. The van der Waals surface area contributed by atoms with Crippen molar-refractivity contribution in [2.75, 3.05) is 11.9 Å². The Morgan fingerprint density at radius 1 is 1.04 bits per heavy atom. The molecular formula is C19H20N2O5. The summed E-state index contributed by atoms with van der Waals surface area (Å²) < 4.78 is 5.10. The van der Waals surface area contributed by atoms with Gasteiger partial charge in [-0.3, -0.25) is 14.9 Å². The van der Waals surface area contributed by atoms with Gasteiger partial charge in [-0.25, -0.2) is 4.79 Å². The Bertz CT molecular complexity index is 866. The number of aryl methyl sites for hydroxylation is 4. The highest BCUT2D eigenvalue weighted by Crippen LogP contribution is 2.22. The molecule has 136 valence electrons. The zero-order valence-corrected chi connectivity index (χ0v) is 15.1. The lowest BCUT2D eigenvalue weighted by molar-refractivity contribution is -0.384. The lowest BCUT2D eigenvalue weighted by Crippen LogP contribution is -2.22. The average Bonchev–Trinajstić information content (AvgIpc) is 2.53. The van der Waals surface area contributed by atoms with Gasteiger partial charge in [0.25, 0.3) is 11.6 Å². The van der Waals surface area contributed by atoms with E-state index in [9.17, 15) is 19.7 Å². The second-order valence-electron chi connectivity index (χ2n) is 6.15. The summed E-state index contributed by atoms with van der Waals surface area (Å²) in [5.74, 6) is -1.14. The van der Waals surface area contributed by atoms with Crippen LogP contribution in [0.1, 0.15) is 32.6 Å². The van der Waals surface area contributed by atoms with E-state index < -0.39 is 23.4 Å². The zero-order valence-electron chi connectivity index (χ0n) is 15.1. The zero-order chi connectivity index (χ0) is 19.4. The number of rotatable bonds is 5. The maximum absolute atomic E-state index is 12.3. The lowest BCUT2D eigenvalue weighted by Gasteiger charge is -2.12. The minimum Gasteiger partial charge on any atom is -0.452 e. The Labute approximate surface area is 151 Å². The molecule has 0 bridgehead atoms. The van der Waals surface area contributed by atoms with Crippen molar-refractivity contribution in [3.8, 4) is 0 Å². The summed E-state index contributed by atoms with van der Waals surface area (Å²) >= 11 is 0. The Balaban J connectivity index is 2.05. The summed E-state index contributed by atoms with van der Waals surface area (Å²) in [6.45, 7) is 6.79. The molecule has 1 N–H and O–H groups in total. The summed E-state index contributed by atoms with van der Waals surface area (Å²) in [5.41, 5.74) is 3.88. The highest BCUT2D eigenvalue weighted by Gasteiger charge is 2.17. The molecule has 0 unspecified atom stereocenters. The van der Waals surface area contributed by atoms with Gasteiger partial charge in [0.2, 0.25) is 0 Å². The Hall–Kier alpha value is -3.22. The summed E-state index contributed by atoms with van der Waals surface area (Å²) in [5, 5.41) is 13.4. The van der Waals surface area contributed by atoms with Crippen molar-refractivity contribution in [3.05, 3.63) is 68.3 Å². The molecule has 1 amide bonds. The van der Waals surface area contributed by atoms with Crippen LogP contribution < -0.4 is 5.32 Å². The quantitative estimate of drug-likeness (QED) is 0.501. The van der Waals surface area contributed by atoms with Crippen molar-refractivity contribution in [2.45, 2.75) is 27.7 Å². The third kappa shape index (κ3) is 4.44. The highest BCUT2D eigenvalue weighted by molar-refractivity contribution is 5.97. The predicted octanol–water partition coefficient (Wildman–Crippen LogP) is 3.62. The van der Waals surface area contributed by atoms with Gasteiger partial charge in [0, 0.05) is 12.1 Å². The molecule has 0 heterocycles. The molecule has 0 spiro atoms. The minimum absolute atomic E-state index is 0.131.